The number of aromatic nitrogens is 1. The van der Waals surface area contributed by atoms with E-state index in [1.165, 1.54) is 0 Å². The molecular weight excluding hydrogens is 234 g/mol. The number of rotatable bonds is 4. The lowest BCUT2D eigenvalue weighted by Crippen LogP contribution is -2.37. The summed E-state index contributed by atoms with van der Waals surface area (Å²) in [6, 6.07) is 6.17. The largest absolute Gasteiger partial charge is 0.481 e. The number of H-pyrrole nitrogens is 1. The molecular formula is C12H13N3O3. The topological polar surface area (TPSA) is 108 Å². The Morgan fingerprint density at radius 2 is 2.17 bits per heavy atom. The number of anilines is 1. The van der Waals surface area contributed by atoms with Gasteiger partial charge in [-0.15, -0.1) is 0 Å². The van der Waals surface area contributed by atoms with Crippen molar-refractivity contribution in [2.75, 3.05) is 5.32 Å². The van der Waals surface area contributed by atoms with Crippen LogP contribution in [0.4, 0.5) is 5.69 Å². The van der Waals surface area contributed by atoms with Gasteiger partial charge >= 0.3 is 5.97 Å². The van der Waals surface area contributed by atoms with Gasteiger partial charge in [-0.3, -0.25) is 9.59 Å². The SMILES string of the molecule is NC(CC(=O)O)C(=O)Nc1ccc2[nH]ccc2c1. The normalized spacial score (nSPS) is 12.3. The van der Waals surface area contributed by atoms with Crippen molar-refractivity contribution in [1.82, 2.24) is 4.98 Å². The molecule has 0 aliphatic rings. The maximum Gasteiger partial charge on any atom is 0.305 e. The summed E-state index contributed by atoms with van der Waals surface area (Å²) in [5.74, 6) is -1.61. The number of benzene rings is 1. The standard InChI is InChI=1S/C12H13N3O3/c13-9(6-11(16)17)12(18)15-8-1-2-10-7(5-8)3-4-14-10/h1-5,9,14H,6,13H2,(H,15,18)(H,16,17). The van der Waals surface area contributed by atoms with E-state index in [2.05, 4.69) is 10.3 Å². The number of carboxylic acid groups (broad SMARTS) is 1. The van der Waals surface area contributed by atoms with Gasteiger partial charge in [-0.2, -0.15) is 0 Å². The Morgan fingerprint density at radius 1 is 1.39 bits per heavy atom. The maximum absolute atomic E-state index is 11.6. The number of hydrogen-bond acceptors (Lipinski definition) is 3. The predicted molar refractivity (Wildman–Crippen MR) is 67.2 cm³/mol. The van der Waals surface area contributed by atoms with Crippen LogP contribution < -0.4 is 11.1 Å². The molecule has 0 fully saturated rings. The van der Waals surface area contributed by atoms with Crippen molar-refractivity contribution in [3.63, 3.8) is 0 Å². The van der Waals surface area contributed by atoms with Crippen LogP contribution in [0.1, 0.15) is 6.42 Å². The van der Waals surface area contributed by atoms with Crippen LogP contribution in [0.5, 0.6) is 0 Å². The van der Waals surface area contributed by atoms with Crippen molar-refractivity contribution >= 4 is 28.5 Å². The summed E-state index contributed by atoms with van der Waals surface area (Å²) < 4.78 is 0. The van der Waals surface area contributed by atoms with Crippen LogP contribution in [-0.4, -0.2) is 28.0 Å². The van der Waals surface area contributed by atoms with Crippen molar-refractivity contribution in [3.8, 4) is 0 Å². The summed E-state index contributed by atoms with van der Waals surface area (Å²) in [6.45, 7) is 0. The molecule has 1 heterocycles. The Morgan fingerprint density at radius 3 is 2.89 bits per heavy atom. The Bertz CT molecular complexity index is 591. The average molecular weight is 247 g/mol. The number of nitrogens with two attached hydrogens (primary N) is 1. The van der Waals surface area contributed by atoms with Gasteiger partial charge in [-0.25, -0.2) is 0 Å². The summed E-state index contributed by atoms with van der Waals surface area (Å²) in [7, 11) is 0. The molecule has 6 nitrogen and oxygen atoms in total. The third-order valence-electron chi connectivity index (χ3n) is 2.55. The fourth-order valence-electron chi connectivity index (χ4n) is 1.65. The van der Waals surface area contributed by atoms with Crippen LogP contribution in [-0.2, 0) is 9.59 Å². The van der Waals surface area contributed by atoms with Gasteiger partial charge in [0.25, 0.3) is 0 Å². The first-order chi connectivity index (χ1) is 8.56. The van der Waals surface area contributed by atoms with Crippen LogP contribution in [0.15, 0.2) is 30.5 Å². The number of carbonyl (C=O) groups excluding carboxylic acids is 1. The molecule has 0 aliphatic heterocycles. The molecule has 0 saturated carbocycles. The molecule has 94 valence electrons. The van der Waals surface area contributed by atoms with Crippen LogP contribution >= 0.6 is 0 Å². The molecule has 0 radical (unpaired) electrons. The van der Waals surface area contributed by atoms with Gasteiger partial charge in [0.15, 0.2) is 0 Å². The zero-order valence-corrected chi connectivity index (χ0v) is 9.51. The minimum Gasteiger partial charge on any atom is -0.481 e. The van der Waals surface area contributed by atoms with E-state index in [-0.39, 0.29) is 0 Å². The highest BCUT2D eigenvalue weighted by molar-refractivity contribution is 5.98. The van der Waals surface area contributed by atoms with Crippen LogP contribution in [0, 0.1) is 0 Å². The summed E-state index contributed by atoms with van der Waals surface area (Å²) in [5.41, 5.74) is 7.01. The Hall–Kier alpha value is -2.34. The lowest BCUT2D eigenvalue weighted by molar-refractivity contribution is -0.138. The lowest BCUT2D eigenvalue weighted by Gasteiger charge is -2.10. The van der Waals surface area contributed by atoms with E-state index in [0.717, 1.165) is 10.9 Å². The molecule has 0 saturated heterocycles. The first kappa shape index (κ1) is 12.1. The zero-order chi connectivity index (χ0) is 13.1. The first-order valence-corrected chi connectivity index (χ1v) is 5.41. The second-order valence-electron chi connectivity index (χ2n) is 3.97. The molecule has 1 atom stereocenters. The van der Waals surface area contributed by atoms with Gasteiger partial charge in [0.05, 0.1) is 12.5 Å². The molecule has 0 spiro atoms. The molecule has 1 unspecified atom stereocenters. The maximum atomic E-state index is 11.6. The minimum atomic E-state index is -1.10. The Kier molecular flexibility index (Phi) is 3.29. The number of hydrogen-bond donors (Lipinski definition) is 4. The second-order valence-corrected chi connectivity index (χ2v) is 3.97. The monoisotopic (exact) mass is 247 g/mol. The summed E-state index contributed by atoms with van der Waals surface area (Å²) in [5, 5.41) is 12.1. The number of nitrogens with one attached hydrogen (secondary N) is 2. The highest BCUT2D eigenvalue weighted by atomic mass is 16.4. The molecule has 1 aromatic carbocycles. The highest BCUT2D eigenvalue weighted by Gasteiger charge is 2.17. The molecule has 1 aromatic heterocycles. The fourth-order valence-corrected chi connectivity index (χ4v) is 1.65. The average Bonchev–Trinajstić information content (AvgIpc) is 2.75. The second kappa shape index (κ2) is 4.89. The van der Waals surface area contributed by atoms with Gasteiger partial charge in [0, 0.05) is 22.8 Å². The molecule has 0 bridgehead atoms. The first-order valence-electron chi connectivity index (χ1n) is 5.41. The van der Waals surface area contributed by atoms with Crippen molar-refractivity contribution in [2.45, 2.75) is 12.5 Å². The number of aromatic amines is 1. The lowest BCUT2D eigenvalue weighted by atomic mass is 10.2. The number of amides is 1. The van der Waals surface area contributed by atoms with Gasteiger partial charge in [-0.1, -0.05) is 0 Å². The molecule has 6 heteroatoms. The summed E-state index contributed by atoms with van der Waals surface area (Å²) in [6.07, 6.45) is 1.41. The molecule has 2 rings (SSSR count). The number of aliphatic carboxylic acids is 1. The number of carboxylic acids is 1. The van der Waals surface area contributed by atoms with Crippen LogP contribution in [0.2, 0.25) is 0 Å². The van der Waals surface area contributed by atoms with Crippen molar-refractivity contribution in [3.05, 3.63) is 30.5 Å². The van der Waals surface area contributed by atoms with E-state index in [1.54, 1.807) is 18.3 Å². The van der Waals surface area contributed by atoms with E-state index < -0.39 is 24.3 Å². The van der Waals surface area contributed by atoms with Crippen molar-refractivity contribution in [2.24, 2.45) is 5.73 Å². The van der Waals surface area contributed by atoms with E-state index in [1.807, 2.05) is 12.1 Å². The van der Waals surface area contributed by atoms with Gasteiger partial charge in [0.2, 0.25) is 5.91 Å². The molecule has 1 amide bonds. The molecule has 0 aliphatic carbocycles. The minimum absolute atomic E-state index is 0.391. The predicted octanol–water partition coefficient (Wildman–Crippen LogP) is 0.908. The third-order valence-corrected chi connectivity index (χ3v) is 2.55. The highest BCUT2D eigenvalue weighted by Crippen LogP contribution is 2.17. The van der Waals surface area contributed by atoms with E-state index in [9.17, 15) is 9.59 Å². The van der Waals surface area contributed by atoms with Crippen LogP contribution in [0.25, 0.3) is 10.9 Å². The van der Waals surface area contributed by atoms with E-state index in [4.69, 9.17) is 10.8 Å². The molecule has 5 N–H and O–H groups in total. The quantitative estimate of drug-likeness (QED) is 0.643. The Labute approximate surface area is 103 Å². The van der Waals surface area contributed by atoms with E-state index >= 15 is 0 Å². The molecule has 2 aromatic rings. The smallest absolute Gasteiger partial charge is 0.305 e. The summed E-state index contributed by atoms with van der Waals surface area (Å²) >= 11 is 0. The fraction of sp³-hybridized carbons (Fsp3) is 0.167. The van der Waals surface area contributed by atoms with Crippen molar-refractivity contribution < 1.29 is 14.7 Å². The number of fused-ring (bicyclic) bond motifs is 1. The van der Waals surface area contributed by atoms with Crippen molar-refractivity contribution in [1.29, 1.82) is 0 Å². The molecule has 18 heavy (non-hydrogen) atoms. The van der Waals surface area contributed by atoms with Gasteiger partial charge in [0.1, 0.15) is 0 Å². The third kappa shape index (κ3) is 2.67. The zero-order valence-electron chi connectivity index (χ0n) is 9.51. The van der Waals surface area contributed by atoms with Gasteiger partial charge < -0.3 is 21.1 Å². The Balaban J connectivity index is 2.08. The number of carbonyl (C=O) groups is 2. The van der Waals surface area contributed by atoms with E-state index in [0.29, 0.717) is 5.69 Å². The summed E-state index contributed by atoms with van der Waals surface area (Å²) in [4.78, 5) is 25.1. The van der Waals surface area contributed by atoms with Gasteiger partial charge in [-0.05, 0) is 24.3 Å². The van der Waals surface area contributed by atoms with Crippen LogP contribution in [0.3, 0.4) is 0 Å².